The third kappa shape index (κ3) is 10.5. The Balaban J connectivity index is 0.000000212. The molecule has 239 valence electrons. The zero-order valence-corrected chi connectivity index (χ0v) is 30.5. The Morgan fingerprint density at radius 2 is 1.23 bits per heavy atom. The minimum Gasteiger partial charge on any atom is -0.512 e. The van der Waals surface area contributed by atoms with Gasteiger partial charge in [-0.1, -0.05) is 97.1 Å². The molecule has 4 aliphatic rings. The number of hydrogen-bond acceptors (Lipinski definition) is 4. The van der Waals surface area contributed by atoms with Crippen LogP contribution in [0.5, 0.6) is 0 Å². The van der Waals surface area contributed by atoms with Crippen LogP contribution in [0.4, 0.5) is 0 Å². The van der Waals surface area contributed by atoms with Crippen LogP contribution >= 0.6 is 0 Å². The summed E-state index contributed by atoms with van der Waals surface area (Å²) >= 11 is 0. The first-order chi connectivity index (χ1) is 22.0. The van der Waals surface area contributed by atoms with Crippen molar-refractivity contribution < 1.29 is 51.1 Å². The van der Waals surface area contributed by atoms with Crippen LogP contribution in [-0.4, -0.2) is 20.9 Å². The molecule has 0 bridgehead atoms. The topological polar surface area (TPSA) is 63.1 Å². The summed E-state index contributed by atoms with van der Waals surface area (Å²) in [7, 11) is 0. The van der Waals surface area contributed by atoms with E-state index >= 15 is 0 Å². The van der Waals surface area contributed by atoms with E-state index < -0.39 is 0 Å². The van der Waals surface area contributed by atoms with Gasteiger partial charge in [0, 0.05) is 65.3 Å². The fourth-order valence-corrected chi connectivity index (χ4v) is 4.84. The molecule has 0 amide bonds. The Morgan fingerprint density at radius 1 is 0.638 bits per heavy atom. The van der Waals surface area contributed by atoms with Crippen molar-refractivity contribution in [3.05, 3.63) is 170 Å². The smallest absolute Gasteiger partial charge is 0.155 e. The van der Waals surface area contributed by atoms with Crippen LogP contribution in [0.1, 0.15) is 13.8 Å². The summed E-state index contributed by atoms with van der Waals surface area (Å²) in [5, 5.41) is 8.36. The molecular weight excluding hydrogens is 940 g/mol. The zero-order chi connectivity index (χ0) is 31.4. The summed E-state index contributed by atoms with van der Waals surface area (Å²) in [4.78, 5) is 18.8. The molecule has 2 heterocycles. The molecule has 1 aromatic carbocycles. The number of benzene rings is 1. The average Bonchev–Trinajstić information content (AvgIpc) is 3.50. The van der Waals surface area contributed by atoms with E-state index in [1.54, 1.807) is 6.20 Å². The summed E-state index contributed by atoms with van der Waals surface area (Å²) in [6, 6.07) is 52.1. The summed E-state index contributed by atoms with van der Waals surface area (Å²) in [6.45, 7) is 2.85. The number of aromatic nitrogens is 2. The SMILES string of the molecule is CC(=O)C=C(C)O.[Ir].[Pt].[c-]1c2cccccc-2cc1-c1ccccn1.[c-]1cc2cc(-c3ccccc3)cccc-2c1-c1ccccn1. The van der Waals surface area contributed by atoms with Gasteiger partial charge >= 0.3 is 0 Å². The van der Waals surface area contributed by atoms with Gasteiger partial charge in [-0.25, -0.2) is 0 Å². The van der Waals surface area contributed by atoms with E-state index in [1.165, 1.54) is 47.7 Å². The average molecular weight is 972 g/mol. The fourth-order valence-electron chi connectivity index (χ4n) is 4.84. The van der Waals surface area contributed by atoms with Crippen LogP contribution in [0.25, 0.3) is 55.9 Å². The Hall–Kier alpha value is -4.53. The summed E-state index contributed by atoms with van der Waals surface area (Å²) in [5.74, 6) is -0.0625. The van der Waals surface area contributed by atoms with Gasteiger partial charge in [-0.3, -0.25) is 9.78 Å². The molecule has 0 atom stereocenters. The van der Waals surface area contributed by atoms with Gasteiger partial charge in [-0.05, 0) is 42.8 Å². The number of carbonyl (C=O) groups excluding carboxylic acids is 1. The zero-order valence-electron chi connectivity index (χ0n) is 25.8. The largest absolute Gasteiger partial charge is 0.512 e. The number of allylic oxidation sites excluding steroid dienone is 2. The molecule has 1 radical (unpaired) electrons. The van der Waals surface area contributed by atoms with Crippen LogP contribution < -0.4 is 0 Å². The molecule has 2 aromatic heterocycles. The second-order valence-electron chi connectivity index (χ2n) is 10.3. The van der Waals surface area contributed by atoms with Crippen molar-refractivity contribution in [2.75, 3.05) is 0 Å². The molecular formula is C41H32IrN2O2Pt-2. The van der Waals surface area contributed by atoms with Crippen molar-refractivity contribution in [1.29, 1.82) is 0 Å². The molecule has 6 heteroatoms. The maximum Gasteiger partial charge on any atom is 0.155 e. The summed E-state index contributed by atoms with van der Waals surface area (Å²) < 4.78 is 0. The van der Waals surface area contributed by atoms with Gasteiger partial charge in [-0.2, -0.15) is 0 Å². The monoisotopic (exact) mass is 972 g/mol. The van der Waals surface area contributed by atoms with Crippen LogP contribution in [0, 0.1) is 12.1 Å². The molecule has 0 saturated heterocycles. The van der Waals surface area contributed by atoms with E-state index in [2.05, 4.69) is 88.8 Å². The second-order valence-corrected chi connectivity index (χ2v) is 10.3. The quantitative estimate of drug-likeness (QED) is 0.109. The van der Waals surface area contributed by atoms with Gasteiger partial charge < -0.3 is 10.1 Å². The number of pyridine rings is 2. The van der Waals surface area contributed by atoms with Gasteiger partial charge in [-0.15, -0.1) is 69.8 Å². The number of hydrogen-bond donors (Lipinski definition) is 1. The van der Waals surface area contributed by atoms with E-state index in [4.69, 9.17) is 5.11 Å². The van der Waals surface area contributed by atoms with Crippen LogP contribution in [0.15, 0.2) is 158 Å². The molecule has 0 spiro atoms. The van der Waals surface area contributed by atoms with E-state index in [0.717, 1.165) is 28.1 Å². The second kappa shape index (κ2) is 18.6. The first-order valence-corrected chi connectivity index (χ1v) is 14.6. The van der Waals surface area contributed by atoms with Gasteiger partial charge in [0.15, 0.2) is 5.78 Å². The van der Waals surface area contributed by atoms with Crippen molar-refractivity contribution >= 4 is 5.78 Å². The van der Waals surface area contributed by atoms with E-state index in [1.807, 2.05) is 72.9 Å². The van der Waals surface area contributed by atoms with Gasteiger partial charge in [0.1, 0.15) is 0 Å². The predicted molar refractivity (Wildman–Crippen MR) is 183 cm³/mol. The Labute approximate surface area is 304 Å². The number of rotatable bonds is 4. The maximum absolute atomic E-state index is 10.0. The molecule has 0 unspecified atom stereocenters. The molecule has 0 fully saturated rings. The van der Waals surface area contributed by atoms with Gasteiger partial charge in [0.05, 0.1) is 5.76 Å². The number of ketones is 1. The first-order valence-electron chi connectivity index (χ1n) is 14.6. The van der Waals surface area contributed by atoms with Crippen molar-refractivity contribution in [3.8, 4) is 55.9 Å². The number of fused-ring (bicyclic) bond motifs is 2. The normalized spacial score (nSPS) is 10.3. The standard InChI is InChI=1S/C21H14N.C15H10N.C5H8O2.Ir.Pt/c1-2-7-16(8-3-1)17-9-6-10-19-18(15-17)12-13-20(19)21-11-4-5-14-22-21;1-2-6-12-10-14(11-13(12)7-3-1)15-8-4-5-9-16-15;1-4(6)3-5(2)7;;/h1-12,14-15H;1-10H;3,6H,1-2H3;;/q2*-1;;;. The minimum atomic E-state index is -0.125. The number of nitrogens with zero attached hydrogens (tertiary/aromatic N) is 2. The third-order valence-corrected chi connectivity index (χ3v) is 6.82. The van der Waals surface area contributed by atoms with Gasteiger partial charge in [0.2, 0.25) is 0 Å². The van der Waals surface area contributed by atoms with Crippen LogP contribution in [0.3, 0.4) is 0 Å². The molecule has 4 aliphatic carbocycles. The molecule has 1 N–H and O–H groups in total. The van der Waals surface area contributed by atoms with Crippen molar-refractivity contribution in [3.63, 3.8) is 0 Å². The van der Waals surface area contributed by atoms with Crippen molar-refractivity contribution in [2.24, 2.45) is 0 Å². The minimum absolute atomic E-state index is 0. The molecule has 0 aliphatic heterocycles. The van der Waals surface area contributed by atoms with E-state index in [9.17, 15) is 4.79 Å². The van der Waals surface area contributed by atoms with Crippen molar-refractivity contribution in [2.45, 2.75) is 13.8 Å². The Kier molecular flexibility index (Phi) is 14.6. The number of aliphatic hydroxyl groups is 1. The van der Waals surface area contributed by atoms with Crippen LogP contribution in [-0.2, 0) is 46.0 Å². The van der Waals surface area contributed by atoms with Gasteiger partial charge in [0.25, 0.3) is 0 Å². The molecule has 47 heavy (non-hydrogen) atoms. The summed E-state index contributed by atoms with van der Waals surface area (Å²) in [6.07, 6.45) is 4.79. The van der Waals surface area contributed by atoms with E-state index in [0.29, 0.717) is 0 Å². The number of carbonyl (C=O) groups is 1. The molecule has 0 saturated carbocycles. The third-order valence-electron chi connectivity index (χ3n) is 6.82. The predicted octanol–water partition coefficient (Wildman–Crippen LogP) is 10.0. The maximum atomic E-state index is 10.0. The molecule has 7 rings (SSSR count). The Morgan fingerprint density at radius 3 is 1.83 bits per heavy atom. The Bertz CT molecular complexity index is 1910. The van der Waals surface area contributed by atoms with E-state index in [-0.39, 0.29) is 52.7 Å². The van der Waals surface area contributed by atoms with Crippen LogP contribution in [0.2, 0.25) is 0 Å². The molecule has 4 nitrogen and oxygen atoms in total. The first kappa shape index (κ1) is 36.9. The molecule has 3 aromatic rings. The van der Waals surface area contributed by atoms with Crippen molar-refractivity contribution in [1.82, 2.24) is 9.97 Å². The fraction of sp³-hybridized carbons (Fsp3) is 0.0488. The number of aliphatic hydroxyl groups excluding tert-OH is 1. The summed E-state index contributed by atoms with van der Waals surface area (Å²) in [5.41, 5.74) is 11.2.